The first kappa shape index (κ1) is 68.7. The van der Waals surface area contributed by atoms with E-state index >= 15 is 0 Å². The van der Waals surface area contributed by atoms with E-state index < -0.39 is 5.97 Å². The van der Waals surface area contributed by atoms with Gasteiger partial charge in [0.05, 0.1) is 44.9 Å². The second kappa shape index (κ2) is 40.2. The average Bonchev–Trinajstić information content (AvgIpc) is 3.29. The van der Waals surface area contributed by atoms with Gasteiger partial charge < -0.3 is 42.9 Å². The van der Waals surface area contributed by atoms with Crippen molar-refractivity contribution in [2.45, 2.75) is 20.8 Å². The van der Waals surface area contributed by atoms with Gasteiger partial charge in [-0.2, -0.15) is 0 Å². The number of halogens is 3. The maximum absolute atomic E-state index is 11.5. The molecule has 0 aromatic carbocycles. The normalized spacial score (nSPS) is 8.71. The van der Waals surface area contributed by atoms with Gasteiger partial charge in [-0.1, -0.05) is 15.9 Å². The third-order valence-electron chi connectivity index (χ3n) is 7.00. The molecule has 0 saturated heterocycles. The SMILES string of the molecule is Br.CC(=O)c1ccc(=O)[nH]c1.CCOC.COc1ccc(C(=O)N(C)OC)cn1.COc1ccc(C(=O)O)cn1.COc1ccc(C(C)=O)cn1.Cl.O=C(CBr)c1ccc(=O)[nH]c1.[CH3-].[H-].[Mg+2]. The molecule has 0 spiro atoms. The topological polar surface area (TPSA) is 259 Å². The minimum atomic E-state index is -0.986. The number of methoxy groups -OCH3 is 4. The zero-order valence-electron chi connectivity index (χ0n) is 38.6. The van der Waals surface area contributed by atoms with E-state index in [9.17, 15) is 33.6 Å². The van der Waals surface area contributed by atoms with Crippen LogP contribution in [-0.4, -0.2) is 142 Å². The Morgan fingerprint density at radius 3 is 1.28 bits per heavy atom. The van der Waals surface area contributed by atoms with Crippen molar-refractivity contribution in [2.75, 3.05) is 54.5 Å². The molecule has 0 aliphatic heterocycles. The van der Waals surface area contributed by atoms with E-state index in [2.05, 4.69) is 45.6 Å². The molecule has 0 bridgehead atoms. The number of Topliss-reactive ketones (excluding diaryl/α,β-unsaturated/α-hetero) is 3. The summed E-state index contributed by atoms with van der Waals surface area (Å²) in [6.07, 6.45) is 7.01. The van der Waals surface area contributed by atoms with Gasteiger partial charge >= 0.3 is 29.0 Å². The molecular weight excluding hydrogens is 1020 g/mol. The second-order valence-corrected chi connectivity index (χ2v) is 11.7. The number of aromatic amines is 2. The van der Waals surface area contributed by atoms with Crippen LogP contribution in [0, 0.1) is 7.43 Å². The van der Waals surface area contributed by atoms with Crippen LogP contribution in [0.25, 0.3) is 0 Å². The van der Waals surface area contributed by atoms with Crippen LogP contribution in [0.4, 0.5) is 0 Å². The van der Waals surface area contributed by atoms with Gasteiger partial charge in [-0.3, -0.25) is 33.6 Å². The van der Waals surface area contributed by atoms with Crippen molar-refractivity contribution in [3.8, 4) is 17.6 Å². The Morgan fingerprint density at radius 1 is 0.662 bits per heavy atom. The van der Waals surface area contributed by atoms with Crippen LogP contribution in [-0.2, 0) is 9.57 Å². The minimum absolute atomic E-state index is 0. The van der Waals surface area contributed by atoms with Gasteiger partial charge in [0.15, 0.2) is 17.3 Å². The van der Waals surface area contributed by atoms with E-state index in [1.165, 1.54) is 117 Å². The molecule has 354 valence electrons. The number of ether oxygens (including phenoxy) is 4. The molecular formula is C42H55Br2ClMgN6O13. The number of alkyl halides is 1. The van der Waals surface area contributed by atoms with Crippen LogP contribution < -0.4 is 25.3 Å². The van der Waals surface area contributed by atoms with Gasteiger partial charge in [-0.25, -0.2) is 24.8 Å². The van der Waals surface area contributed by atoms with Gasteiger partial charge in [0, 0.05) is 98.8 Å². The van der Waals surface area contributed by atoms with Crippen LogP contribution in [0.1, 0.15) is 74.0 Å². The van der Waals surface area contributed by atoms with E-state index in [-0.39, 0.29) is 107 Å². The van der Waals surface area contributed by atoms with Crippen molar-refractivity contribution < 1.29 is 54.3 Å². The summed E-state index contributed by atoms with van der Waals surface area (Å²) in [7, 11) is 9.17. The predicted octanol–water partition coefficient (Wildman–Crippen LogP) is 6.17. The summed E-state index contributed by atoms with van der Waals surface area (Å²) in [5.74, 6) is 0.104. The molecule has 65 heavy (non-hydrogen) atoms. The number of carbonyl (C=O) groups is 5. The summed E-state index contributed by atoms with van der Waals surface area (Å²) in [6.45, 7) is 5.73. The van der Waals surface area contributed by atoms with Crippen molar-refractivity contribution in [1.29, 1.82) is 0 Å². The number of carbonyl (C=O) groups excluding carboxylic acids is 4. The fourth-order valence-corrected chi connectivity index (χ4v) is 3.84. The van der Waals surface area contributed by atoms with Crippen LogP contribution >= 0.6 is 45.3 Å². The number of carboxylic acids is 1. The molecule has 0 saturated carbocycles. The number of aromatic nitrogens is 5. The van der Waals surface area contributed by atoms with Crippen LogP contribution in [0.15, 0.2) is 101 Å². The number of nitrogens with zero attached hydrogens (tertiary/aromatic N) is 4. The Kier molecular flexibility index (Phi) is 42.4. The Bertz CT molecular complexity index is 2130. The van der Waals surface area contributed by atoms with Crippen molar-refractivity contribution in [3.63, 3.8) is 0 Å². The molecule has 5 heterocycles. The van der Waals surface area contributed by atoms with Crippen molar-refractivity contribution in [3.05, 3.63) is 148 Å². The van der Waals surface area contributed by atoms with Gasteiger partial charge in [-0.15, -0.1) is 29.4 Å². The third-order valence-corrected chi connectivity index (χ3v) is 7.51. The van der Waals surface area contributed by atoms with E-state index in [1.54, 1.807) is 31.4 Å². The molecule has 0 atom stereocenters. The summed E-state index contributed by atoms with van der Waals surface area (Å²) in [4.78, 5) is 96.3. The molecule has 0 aliphatic rings. The fraction of sp³-hybridized carbons (Fsp3) is 0.262. The van der Waals surface area contributed by atoms with Crippen molar-refractivity contribution >= 4 is 97.6 Å². The van der Waals surface area contributed by atoms with Gasteiger partial charge in [0.2, 0.25) is 28.8 Å². The summed E-state index contributed by atoms with van der Waals surface area (Å²) in [5.41, 5.74) is 1.87. The maximum atomic E-state index is 11.5. The maximum Gasteiger partial charge on any atom is 2.00 e. The monoisotopic (exact) mass is 1070 g/mol. The first-order valence-corrected chi connectivity index (χ1v) is 18.7. The molecule has 0 radical (unpaired) electrons. The standard InChI is InChI=1S/C9H12N2O3.C8H9NO2.C7H6BrNO2.C7H7NO3.C7H7NO2.C3H8O.CH3.BrH.ClH.Mg.H/c1-11(14-3)9(12)7-4-5-8(13-2)10-6-7;1-6(10)7-3-4-8(11-2)9-5-7;8-3-6(10)5-1-2-7(11)9-4-5;1-11-6-3-2-5(4-8-6)7(9)10;1-5(9)6-2-3-7(10)8-4-6;1-3-4-2;;;;;/h4-6H,1-3H3;3-5H,1-2H3;1-2,4H,3H2,(H,9,11);2-4H,1H3,(H,9,10);2-4H,1H3,(H,8,10);3H2,1-2H3;1H3;2*1H;;/q;;;;;;-1;;;+2;-1. The molecule has 5 aromatic rings. The molecule has 23 heteroatoms. The number of rotatable bonds is 11. The Balaban J connectivity index is -0.000000164. The molecule has 1 amide bonds. The molecule has 0 unspecified atom stereocenters. The number of hydrogen-bond donors (Lipinski definition) is 3. The average molecular weight is 1070 g/mol. The smallest absolute Gasteiger partial charge is 1.00 e. The molecule has 5 rings (SSSR count). The molecule has 0 fully saturated rings. The van der Waals surface area contributed by atoms with Gasteiger partial charge in [0.1, 0.15) is 0 Å². The Morgan fingerprint density at radius 2 is 1.02 bits per heavy atom. The summed E-state index contributed by atoms with van der Waals surface area (Å²) in [5, 5.41) is 9.87. The van der Waals surface area contributed by atoms with Crippen LogP contribution in [0.3, 0.4) is 0 Å². The largest absolute Gasteiger partial charge is 2.00 e. The van der Waals surface area contributed by atoms with Crippen LogP contribution in [0.5, 0.6) is 17.6 Å². The molecule has 3 N–H and O–H groups in total. The number of carboxylic acid groups (broad SMARTS) is 1. The number of H-pyrrole nitrogens is 2. The Hall–Kier alpha value is -5.36. The number of aromatic carboxylic acids is 1. The quantitative estimate of drug-likeness (QED) is 0.0439. The number of ketones is 3. The van der Waals surface area contributed by atoms with Gasteiger partial charge in [0.25, 0.3) is 5.91 Å². The van der Waals surface area contributed by atoms with E-state index in [4.69, 9.17) is 24.2 Å². The second-order valence-electron chi connectivity index (χ2n) is 11.2. The number of hydrogen-bond acceptors (Lipinski definition) is 15. The van der Waals surface area contributed by atoms with Gasteiger partial charge in [-0.05, 0) is 51.1 Å². The van der Waals surface area contributed by atoms with Crippen LogP contribution in [0.2, 0.25) is 0 Å². The third kappa shape index (κ3) is 29.7. The zero-order chi connectivity index (χ0) is 46.3. The number of amides is 1. The number of hydroxylamine groups is 2. The van der Waals surface area contributed by atoms with E-state index in [0.717, 1.165) is 11.7 Å². The number of nitrogens with one attached hydrogen (secondary N) is 2. The summed E-state index contributed by atoms with van der Waals surface area (Å²) < 4.78 is 19.0. The Labute approximate surface area is 419 Å². The molecule has 5 aromatic heterocycles. The van der Waals surface area contributed by atoms with E-state index in [1.807, 2.05) is 6.92 Å². The minimum Gasteiger partial charge on any atom is -1.00 e. The fourth-order valence-electron chi connectivity index (χ4n) is 3.52. The predicted molar refractivity (Wildman–Crippen MR) is 259 cm³/mol. The van der Waals surface area contributed by atoms with Crippen molar-refractivity contribution in [1.82, 2.24) is 30.0 Å². The van der Waals surface area contributed by atoms with Crippen molar-refractivity contribution in [2.24, 2.45) is 0 Å². The first-order chi connectivity index (χ1) is 29.0. The summed E-state index contributed by atoms with van der Waals surface area (Å²) >= 11 is 3.03. The molecule has 19 nitrogen and oxygen atoms in total. The number of pyridine rings is 5. The zero-order valence-corrected chi connectivity index (χ0v) is 43.1. The first-order valence-electron chi connectivity index (χ1n) is 17.5. The summed E-state index contributed by atoms with van der Waals surface area (Å²) in [6, 6.07) is 15.2. The van der Waals surface area contributed by atoms with E-state index in [0.29, 0.717) is 39.9 Å². The molecule has 0 aliphatic carbocycles.